The van der Waals surface area contributed by atoms with Gasteiger partial charge < -0.3 is 14.9 Å². The van der Waals surface area contributed by atoms with E-state index in [9.17, 15) is 0 Å². The Morgan fingerprint density at radius 3 is 2.72 bits per heavy atom. The van der Waals surface area contributed by atoms with Gasteiger partial charge in [0.1, 0.15) is 5.69 Å². The molecular weight excluding hydrogens is 298 g/mol. The summed E-state index contributed by atoms with van der Waals surface area (Å²) in [6.07, 6.45) is 3.28. The Bertz CT molecular complexity index is 533. The lowest BCUT2D eigenvalue weighted by molar-refractivity contribution is 0.400. The zero-order chi connectivity index (χ0) is 13.3. The minimum Gasteiger partial charge on any atom is -0.493 e. The van der Waals surface area contributed by atoms with E-state index in [2.05, 4.69) is 21.0 Å². The van der Waals surface area contributed by atoms with Crippen molar-refractivity contribution in [2.24, 2.45) is 5.73 Å². The minimum atomic E-state index is -0.349. The summed E-state index contributed by atoms with van der Waals surface area (Å²) in [5, 5.41) is 4.31. The molecule has 98 valence electrons. The van der Waals surface area contributed by atoms with Gasteiger partial charge in [0, 0.05) is 11.6 Å². The van der Waals surface area contributed by atoms with Crippen molar-refractivity contribution in [1.82, 2.24) is 9.78 Å². The van der Waals surface area contributed by atoms with Crippen molar-refractivity contribution >= 4 is 15.9 Å². The molecule has 0 aliphatic carbocycles. The Morgan fingerprint density at radius 1 is 1.50 bits per heavy atom. The van der Waals surface area contributed by atoms with Gasteiger partial charge in [-0.15, -0.1) is 0 Å². The molecule has 2 N–H and O–H groups in total. The van der Waals surface area contributed by atoms with Crippen molar-refractivity contribution < 1.29 is 9.15 Å². The summed E-state index contributed by atoms with van der Waals surface area (Å²) in [5.41, 5.74) is 8.00. The predicted octanol–water partition coefficient (Wildman–Crippen LogP) is 2.88. The number of furan rings is 1. The van der Waals surface area contributed by atoms with E-state index in [1.807, 2.05) is 24.6 Å². The number of nitrogens with zero attached hydrogens (tertiary/aromatic N) is 2. The van der Waals surface area contributed by atoms with Crippen molar-refractivity contribution in [1.29, 1.82) is 0 Å². The summed E-state index contributed by atoms with van der Waals surface area (Å²) in [5.74, 6) is 0.685. The van der Waals surface area contributed by atoms with E-state index in [4.69, 9.17) is 14.9 Å². The number of nitrogens with two attached hydrogens (primary N) is 1. The van der Waals surface area contributed by atoms with Gasteiger partial charge in [0.15, 0.2) is 10.4 Å². The van der Waals surface area contributed by atoms with Gasteiger partial charge in [-0.25, -0.2) is 0 Å². The van der Waals surface area contributed by atoms with Crippen molar-refractivity contribution in [3.05, 3.63) is 34.5 Å². The molecule has 0 aromatic carbocycles. The highest BCUT2D eigenvalue weighted by atomic mass is 79.9. The molecule has 0 spiro atoms. The molecule has 0 aliphatic heterocycles. The lowest BCUT2D eigenvalue weighted by Gasteiger charge is -2.17. The van der Waals surface area contributed by atoms with Crippen LogP contribution in [0.2, 0.25) is 0 Å². The van der Waals surface area contributed by atoms with Gasteiger partial charge in [-0.3, -0.25) is 4.68 Å². The van der Waals surface area contributed by atoms with Crippen molar-refractivity contribution in [3.8, 4) is 5.75 Å². The lowest BCUT2D eigenvalue weighted by atomic mass is 10.1. The Labute approximate surface area is 114 Å². The molecule has 2 aromatic heterocycles. The second kappa shape index (κ2) is 5.16. The molecule has 0 bridgehead atoms. The van der Waals surface area contributed by atoms with Crippen LogP contribution in [-0.2, 0) is 0 Å². The number of hydrogen-bond acceptors (Lipinski definition) is 4. The third kappa shape index (κ3) is 2.18. The summed E-state index contributed by atoms with van der Waals surface area (Å²) in [4.78, 5) is 0. The molecule has 0 aliphatic rings. The van der Waals surface area contributed by atoms with Gasteiger partial charge in [0.05, 0.1) is 25.6 Å². The highest BCUT2D eigenvalue weighted by molar-refractivity contribution is 9.10. The fourth-order valence-electron chi connectivity index (χ4n) is 1.89. The molecule has 2 rings (SSSR count). The van der Waals surface area contributed by atoms with E-state index < -0.39 is 0 Å². The highest BCUT2D eigenvalue weighted by Crippen LogP contribution is 2.33. The van der Waals surface area contributed by atoms with E-state index in [-0.39, 0.29) is 12.1 Å². The first-order valence-corrected chi connectivity index (χ1v) is 6.45. The van der Waals surface area contributed by atoms with Crippen LogP contribution in [0.3, 0.4) is 0 Å². The monoisotopic (exact) mass is 313 g/mol. The van der Waals surface area contributed by atoms with Gasteiger partial charge in [-0.2, -0.15) is 5.10 Å². The van der Waals surface area contributed by atoms with Crippen LogP contribution in [0.1, 0.15) is 37.2 Å². The van der Waals surface area contributed by atoms with Crippen LogP contribution < -0.4 is 10.5 Å². The second-order valence-electron chi connectivity index (χ2n) is 4.26. The zero-order valence-corrected chi connectivity index (χ0v) is 12.1. The maximum atomic E-state index is 6.29. The summed E-state index contributed by atoms with van der Waals surface area (Å²) in [6.45, 7) is 4.10. The van der Waals surface area contributed by atoms with Crippen LogP contribution in [-0.4, -0.2) is 16.9 Å². The standard InChI is InChI=1S/C12H16BrN3O2/c1-7(2)16-11(9(17-3)6-15-16)10(14)8-4-5-18-12(8)13/h4-7,10H,14H2,1-3H3. The summed E-state index contributed by atoms with van der Waals surface area (Å²) in [6, 6.07) is 1.70. The molecule has 0 fully saturated rings. The first-order valence-electron chi connectivity index (χ1n) is 5.66. The van der Waals surface area contributed by atoms with Gasteiger partial charge in [0.25, 0.3) is 0 Å². The fraction of sp³-hybridized carbons (Fsp3) is 0.417. The van der Waals surface area contributed by atoms with Crippen LogP contribution in [0.15, 0.2) is 27.6 Å². The molecule has 1 unspecified atom stereocenters. The van der Waals surface area contributed by atoms with Crippen LogP contribution >= 0.6 is 15.9 Å². The van der Waals surface area contributed by atoms with Crippen molar-refractivity contribution in [2.75, 3.05) is 7.11 Å². The number of hydrogen-bond donors (Lipinski definition) is 1. The average Bonchev–Trinajstić information content (AvgIpc) is 2.93. The molecule has 1 atom stereocenters. The third-order valence-electron chi connectivity index (χ3n) is 2.78. The van der Waals surface area contributed by atoms with Gasteiger partial charge in [-0.1, -0.05) is 0 Å². The number of methoxy groups -OCH3 is 1. The summed E-state index contributed by atoms with van der Waals surface area (Å²) < 4.78 is 13.0. The maximum Gasteiger partial charge on any atom is 0.174 e. The fourth-order valence-corrected chi connectivity index (χ4v) is 2.38. The van der Waals surface area contributed by atoms with E-state index >= 15 is 0 Å². The summed E-state index contributed by atoms with van der Waals surface area (Å²) >= 11 is 3.34. The van der Waals surface area contributed by atoms with Crippen LogP contribution in [0.25, 0.3) is 0 Å². The van der Waals surface area contributed by atoms with Gasteiger partial charge in [0.2, 0.25) is 0 Å². The quantitative estimate of drug-likeness (QED) is 0.942. The molecule has 6 heteroatoms. The highest BCUT2D eigenvalue weighted by Gasteiger charge is 2.24. The molecule has 2 aromatic rings. The predicted molar refractivity (Wildman–Crippen MR) is 71.6 cm³/mol. The normalized spacial score (nSPS) is 13.0. The van der Waals surface area contributed by atoms with Gasteiger partial charge in [-0.05, 0) is 35.8 Å². The topological polar surface area (TPSA) is 66.2 Å². The largest absolute Gasteiger partial charge is 0.493 e. The van der Waals surface area contributed by atoms with Crippen LogP contribution in [0.4, 0.5) is 0 Å². The lowest BCUT2D eigenvalue weighted by Crippen LogP contribution is -2.19. The first kappa shape index (κ1) is 13.2. The number of ether oxygens (including phenoxy) is 1. The molecule has 0 saturated heterocycles. The van der Waals surface area contributed by atoms with Crippen molar-refractivity contribution in [3.63, 3.8) is 0 Å². The summed E-state index contributed by atoms with van der Waals surface area (Å²) in [7, 11) is 1.61. The second-order valence-corrected chi connectivity index (χ2v) is 4.98. The molecule has 2 heterocycles. The van der Waals surface area contributed by atoms with Crippen LogP contribution in [0.5, 0.6) is 5.75 Å². The number of aromatic nitrogens is 2. The Morgan fingerprint density at radius 2 is 2.22 bits per heavy atom. The zero-order valence-electron chi connectivity index (χ0n) is 10.6. The van der Waals surface area contributed by atoms with E-state index in [0.29, 0.717) is 10.4 Å². The SMILES string of the molecule is COc1cnn(C(C)C)c1C(N)c1ccoc1Br. The smallest absolute Gasteiger partial charge is 0.174 e. The van der Waals surface area contributed by atoms with Crippen molar-refractivity contribution in [2.45, 2.75) is 25.9 Å². The average molecular weight is 314 g/mol. The minimum absolute atomic E-state index is 0.209. The Kier molecular flexibility index (Phi) is 3.77. The van der Waals surface area contributed by atoms with E-state index in [0.717, 1.165) is 11.3 Å². The molecule has 0 radical (unpaired) electrons. The number of rotatable bonds is 4. The third-order valence-corrected chi connectivity index (χ3v) is 3.43. The molecule has 0 saturated carbocycles. The maximum absolute atomic E-state index is 6.29. The molecule has 18 heavy (non-hydrogen) atoms. The molecule has 5 nitrogen and oxygen atoms in total. The van der Waals surface area contributed by atoms with Crippen LogP contribution in [0, 0.1) is 0 Å². The Balaban J connectivity index is 2.49. The Hall–Kier alpha value is -1.27. The van der Waals surface area contributed by atoms with E-state index in [1.54, 1.807) is 19.6 Å². The molecule has 0 amide bonds. The van der Waals surface area contributed by atoms with E-state index in [1.165, 1.54) is 0 Å². The first-order chi connectivity index (χ1) is 8.56. The molecular formula is C12H16BrN3O2. The van der Waals surface area contributed by atoms with Gasteiger partial charge >= 0.3 is 0 Å². The number of halogens is 1.